The van der Waals surface area contributed by atoms with Crippen LogP contribution in [0.4, 0.5) is 11.4 Å². The van der Waals surface area contributed by atoms with Crippen molar-refractivity contribution in [3.63, 3.8) is 0 Å². The maximum Gasteiger partial charge on any atom is 0.0426 e. The summed E-state index contributed by atoms with van der Waals surface area (Å²) in [5.41, 5.74) is 6.59. The lowest BCUT2D eigenvalue weighted by Gasteiger charge is -2.23. The zero-order valence-electron chi connectivity index (χ0n) is 10.9. The molecule has 1 heterocycles. The number of anilines is 2. The fraction of sp³-hybridized carbons (Fsp3) is 0.111. The first kappa shape index (κ1) is 10.6. The van der Waals surface area contributed by atoms with Crippen LogP contribution in [0.5, 0.6) is 0 Å². The molecule has 0 saturated carbocycles. The molecular weight excluding hydrogens is 230 g/mol. The Morgan fingerprint density at radius 3 is 2.74 bits per heavy atom. The van der Waals surface area contributed by atoms with Crippen LogP contribution in [0, 0.1) is 6.92 Å². The molecule has 0 aliphatic carbocycles. The van der Waals surface area contributed by atoms with Crippen molar-refractivity contribution >= 4 is 22.1 Å². The van der Waals surface area contributed by atoms with Crippen molar-refractivity contribution in [1.82, 2.24) is 0 Å². The van der Waals surface area contributed by atoms with Crippen molar-refractivity contribution in [2.75, 3.05) is 5.32 Å². The maximum atomic E-state index is 3.55. The van der Waals surface area contributed by atoms with Gasteiger partial charge in [-0.15, -0.1) is 0 Å². The first-order valence-electron chi connectivity index (χ1n) is 6.68. The summed E-state index contributed by atoms with van der Waals surface area (Å²) in [4.78, 5) is 0. The van der Waals surface area contributed by atoms with Crippen molar-refractivity contribution in [2.45, 2.75) is 13.3 Å². The number of benzene rings is 3. The Kier molecular flexibility index (Phi) is 2.16. The molecule has 19 heavy (non-hydrogen) atoms. The van der Waals surface area contributed by atoms with E-state index in [2.05, 4.69) is 66.8 Å². The van der Waals surface area contributed by atoms with Gasteiger partial charge in [0.15, 0.2) is 0 Å². The van der Waals surface area contributed by atoms with E-state index in [0.717, 1.165) is 6.42 Å². The third-order valence-corrected chi connectivity index (χ3v) is 3.94. The van der Waals surface area contributed by atoms with Gasteiger partial charge in [-0.3, -0.25) is 0 Å². The molecule has 4 rings (SSSR count). The third-order valence-electron chi connectivity index (χ3n) is 3.94. The van der Waals surface area contributed by atoms with Crippen LogP contribution >= 0.6 is 0 Å². The van der Waals surface area contributed by atoms with Gasteiger partial charge in [0.1, 0.15) is 0 Å². The minimum atomic E-state index is 1.01. The van der Waals surface area contributed by atoms with Crippen LogP contribution in [0.25, 0.3) is 10.8 Å². The fourth-order valence-corrected chi connectivity index (χ4v) is 2.95. The second-order valence-electron chi connectivity index (χ2n) is 5.28. The maximum absolute atomic E-state index is 3.55. The molecule has 0 aromatic heterocycles. The second kappa shape index (κ2) is 3.86. The predicted molar refractivity (Wildman–Crippen MR) is 81.2 cm³/mol. The molecule has 3 aromatic rings. The van der Waals surface area contributed by atoms with E-state index in [4.69, 9.17) is 0 Å². The fourth-order valence-electron chi connectivity index (χ4n) is 2.95. The Balaban J connectivity index is 1.96. The number of nitrogens with one attached hydrogen (secondary N) is 1. The van der Waals surface area contributed by atoms with E-state index >= 15 is 0 Å². The molecule has 92 valence electrons. The van der Waals surface area contributed by atoms with Gasteiger partial charge in [0.05, 0.1) is 0 Å². The molecule has 1 aliphatic rings. The van der Waals surface area contributed by atoms with E-state index in [9.17, 15) is 0 Å². The van der Waals surface area contributed by atoms with Crippen molar-refractivity contribution in [3.8, 4) is 0 Å². The summed E-state index contributed by atoms with van der Waals surface area (Å²) in [6.45, 7) is 2.15. The summed E-state index contributed by atoms with van der Waals surface area (Å²) in [7, 11) is 0. The molecule has 0 radical (unpaired) electrons. The van der Waals surface area contributed by atoms with E-state index in [0.29, 0.717) is 0 Å². The Labute approximate surface area is 112 Å². The van der Waals surface area contributed by atoms with E-state index in [1.54, 1.807) is 0 Å². The molecule has 3 aromatic carbocycles. The summed E-state index contributed by atoms with van der Waals surface area (Å²) >= 11 is 0. The van der Waals surface area contributed by atoms with Crippen LogP contribution < -0.4 is 5.32 Å². The molecule has 1 heteroatoms. The lowest BCUT2D eigenvalue weighted by molar-refractivity contribution is 1.18. The molecule has 0 bridgehead atoms. The van der Waals surface area contributed by atoms with Gasteiger partial charge in [0.25, 0.3) is 0 Å². The van der Waals surface area contributed by atoms with Crippen molar-refractivity contribution in [2.24, 2.45) is 0 Å². The highest BCUT2D eigenvalue weighted by atomic mass is 14.9. The molecular formula is C18H15N. The average Bonchev–Trinajstić information content (AvgIpc) is 2.44. The largest absolute Gasteiger partial charge is 0.355 e. The van der Waals surface area contributed by atoms with Crippen molar-refractivity contribution in [1.29, 1.82) is 0 Å². The molecule has 0 atom stereocenters. The van der Waals surface area contributed by atoms with E-state index in [1.165, 1.54) is 38.8 Å². The lowest BCUT2D eigenvalue weighted by Crippen LogP contribution is -2.06. The SMILES string of the molecule is Cc1ccc2c3c(ccc2c1)Nc1ccccc1C3. The number of hydrogen-bond donors (Lipinski definition) is 1. The van der Waals surface area contributed by atoms with Crippen molar-refractivity contribution in [3.05, 3.63) is 71.3 Å². The first-order chi connectivity index (χ1) is 9.31. The summed E-state index contributed by atoms with van der Waals surface area (Å²) in [6, 6.07) is 19.7. The van der Waals surface area contributed by atoms with Gasteiger partial charge in [-0.05, 0) is 41.0 Å². The molecule has 0 saturated heterocycles. The molecule has 1 N–H and O–H groups in total. The van der Waals surface area contributed by atoms with Crippen LogP contribution in [-0.4, -0.2) is 0 Å². The third kappa shape index (κ3) is 1.62. The molecule has 1 nitrogen and oxygen atoms in total. The summed E-state index contributed by atoms with van der Waals surface area (Å²) in [5.74, 6) is 0. The Hall–Kier alpha value is -2.28. The zero-order valence-corrected chi connectivity index (χ0v) is 10.9. The van der Waals surface area contributed by atoms with Gasteiger partial charge in [-0.1, -0.05) is 48.0 Å². The van der Waals surface area contributed by atoms with Crippen LogP contribution in [0.1, 0.15) is 16.7 Å². The van der Waals surface area contributed by atoms with Crippen LogP contribution in [0.15, 0.2) is 54.6 Å². The average molecular weight is 245 g/mol. The summed E-state index contributed by atoms with van der Waals surface area (Å²) in [6.07, 6.45) is 1.01. The Bertz CT molecular complexity index is 787. The number of rotatable bonds is 0. The van der Waals surface area contributed by atoms with Crippen LogP contribution in [0.2, 0.25) is 0 Å². The van der Waals surface area contributed by atoms with Gasteiger partial charge < -0.3 is 5.32 Å². The molecule has 0 unspecified atom stereocenters. The number of fused-ring (bicyclic) bond motifs is 4. The quantitative estimate of drug-likeness (QED) is 0.469. The van der Waals surface area contributed by atoms with Gasteiger partial charge in [0.2, 0.25) is 0 Å². The van der Waals surface area contributed by atoms with E-state index in [-0.39, 0.29) is 0 Å². The normalized spacial score (nSPS) is 12.7. The molecule has 0 amide bonds. The lowest BCUT2D eigenvalue weighted by atomic mass is 9.92. The predicted octanol–water partition coefficient (Wildman–Crippen LogP) is 4.80. The molecule has 0 fully saturated rings. The number of hydrogen-bond acceptors (Lipinski definition) is 1. The number of para-hydroxylation sites is 1. The molecule has 0 spiro atoms. The zero-order chi connectivity index (χ0) is 12.8. The highest BCUT2D eigenvalue weighted by molar-refractivity contribution is 5.93. The van der Waals surface area contributed by atoms with Gasteiger partial charge in [-0.2, -0.15) is 0 Å². The molecule has 1 aliphatic heterocycles. The number of aryl methyl sites for hydroxylation is 1. The van der Waals surface area contributed by atoms with E-state index in [1.807, 2.05) is 0 Å². The highest BCUT2D eigenvalue weighted by Crippen LogP contribution is 2.36. The van der Waals surface area contributed by atoms with Crippen molar-refractivity contribution < 1.29 is 0 Å². The monoisotopic (exact) mass is 245 g/mol. The second-order valence-corrected chi connectivity index (χ2v) is 5.28. The minimum Gasteiger partial charge on any atom is -0.355 e. The Morgan fingerprint density at radius 1 is 0.895 bits per heavy atom. The van der Waals surface area contributed by atoms with E-state index < -0.39 is 0 Å². The minimum absolute atomic E-state index is 1.01. The van der Waals surface area contributed by atoms with Gasteiger partial charge >= 0.3 is 0 Å². The smallest absolute Gasteiger partial charge is 0.0426 e. The van der Waals surface area contributed by atoms with Gasteiger partial charge in [-0.25, -0.2) is 0 Å². The standard InChI is InChI=1S/C18H15N/c1-12-6-8-15-13(10-12)7-9-18-16(15)11-14-4-2-3-5-17(14)19-18/h2-10,19H,11H2,1H3. The van der Waals surface area contributed by atoms with Crippen LogP contribution in [-0.2, 0) is 6.42 Å². The highest BCUT2D eigenvalue weighted by Gasteiger charge is 2.16. The summed E-state index contributed by atoms with van der Waals surface area (Å²) in [5, 5.41) is 6.25. The van der Waals surface area contributed by atoms with Crippen LogP contribution in [0.3, 0.4) is 0 Å². The first-order valence-corrected chi connectivity index (χ1v) is 6.68. The van der Waals surface area contributed by atoms with Gasteiger partial charge in [0, 0.05) is 17.8 Å². The topological polar surface area (TPSA) is 12.0 Å². The Morgan fingerprint density at radius 2 is 1.79 bits per heavy atom. The summed E-state index contributed by atoms with van der Waals surface area (Å²) < 4.78 is 0.